The molecule has 36 heavy (non-hydrogen) atoms. The number of carbonyl (C=O) groups is 1. The van der Waals surface area contributed by atoms with Gasteiger partial charge in [-0.3, -0.25) is 15.6 Å². The van der Waals surface area contributed by atoms with E-state index in [4.69, 9.17) is 10.6 Å². The summed E-state index contributed by atoms with van der Waals surface area (Å²) in [4.78, 5) is 17.7. The van der Waals surface area contributed by atoms with Gasteiger partial charge in [0, 0.05) is 28.7 Å². The first kappa shape index (κ1) is 31.8. The van der Waals surface area contributed by atoms with E-state index in [0.717, 1.165) is 16.8 Å². The highest BCUT2D eigenvalue weighted by Crippen LogP contribution is 2.41. The Bertz CT molecular complexity index is 938. The molecule has 4 N–H and O–H groups in total. The molecule has 7 heteroatoms. The summed E-state index contributed by atoms with van der Waals surface area (Å²) in [6.45, 7) is 8.33. The average molecular weight is 515 g/mol. The van der Waals surface area contributed by atoms with Crippen molar-refractivity contribution in [3.8, 4) is 17.6 Å². The maximum atomic E-state index is 13.1. The first-order valence-corrected chi connectivity index (χ1v) is 13.8. The van der Waals surface area contributed by atoms with Gasteiger partial charge in [0.15, 0.2) is 0 Å². The first-order valence-electron chi connectivity index (χ1n) is 12.8. The Hall–Kier alpha value is -2.27. The molecule has 1 aromatic rings. The SMILES string of the molecule is C.C/C=C\C(C(=O)NCSC(C#CC1CC1)NN)=C(/CC)c1cc(C2CC2)ncc1OC.CCCC. The Morgan fingerprint density at radius 3 is 2.47 bits per heavy atom. The Balaban J connectivity index is 0.00000120. The van der Waals surface area contributed by atoms with Crippen LogP contribution >= 0.6 is 11.8 Å². The van der Waals surface area contributed by atoms with Crippen LogP contribution in [0.25, 0.3) is 5.57 Å². The molecule has 0 aromatic carbocycles. The summed E-state index contributed by atoms with van der Waals surface area (Å²) in [6.07, 6.45) is 13.5. The van der Waals surface area contributed by atoms with Gasteiger partial charge in [-0.05, 0) is 50.7 Å². The number of rotatable bonds is 11. The first-order chi connectivity index (χ1) is 17.0. The summed E-state index contributed by atoms with van der Waals surface area (Å²) < 4.78 is 5.58. The van der Waals surface area contributed by atoms with E-state index in [0.29, 0.717) is 35.5 Å². The van der Waals surface area contributed by atoms with E-state index in [1.54, 1.807) is 13.3 Å². The third-order valence-corrected chi connectivity index (χ3v) is 6.71. The van der Waals surface area contributed by atoms with Crippen LogP contribution in [0.4, 0.5) is 0 Å². The summed E-state index contributed by atoms with van der Waals surface area (Å²) in [5, 5.41) is 2.80. The number of methoxy groups -OCH3 is 1. The number of unbranched alkanes of at least 4 members (excludes halogenated alkanes) is 1. The van der Waals surface area contributed by atoms with Crippen molar-refractivity contribution < 1.29 is 9.53 Å². The van der Waals surface area contributed by atoms with E-state index in [-0.39, 0.29) is 18.7 Å². The molecule has 1 atom stereocenters. The minimum Gasteiger partial charge on any atom is -0.495 e. The number of carbonyl (C=O) groups excluding carboxylic acids is 1. The van der Waals surface area contributed by atoms with Crippen LogP contribution < -0.4 is 21.3 Å². The molecule has 0 spiro atoms. The number of nitrogens with two attached hydrogens (primary N) is 1. The van der Waals surface area contributed by atoms with Crippen molar-refractivity contribution in [2.45, 2.75) is 91.4 Å². The van der Waals surface area contributed by atoms with Crippen LogP contribution in [0.1, 0.15) is 97.2 Å². The topological polar surface area (TPSA) is 89.3 Å². The Morgan fingerprint density at radius 2 is 1.97 bits per heavy atom. The number of allylic oxidation sites excluding steroid dienone is 2. The van der Waals surface area contributed by atoms with Crippen LogP contribution in [-0.4, -0.2) is 29.3 Å². The number of hydrazine groups is 1. The number of hydrogen-bond acceptors (Lipinski definition) is 6. The molecule has 2 fully saturated rings. The van der Waals surface area contributed by atoms with Crippen LogP contribution in [0.2, 0.25) is 0 Å². The number of hydrogen-bond donors (Lipinski definition) is 3. The zero-order chi connectivity index (χ0) is 25.6. The molecular formula is C29H46N4O2S. The van der Waals surface area contributed by atoms with E-state index >= 15 is 0 Å². The molecular weight excluding hydrogens is 468 g/mol. The number of amides is 1. The molecule has 0 radical (unpaired) electrons. The summed E-state index contributed by atoms with van der Waals surface area (Å²) in [7, 11) is 1.64. The standard InChI is InChI=1S/C24H32N4O2S.C4H10.CH4/c1-4-6-19(24(29)27-15-31-23(28-25)12-9-16-7-8-16)18(5-2)20-13-21(17-10-11-17)26-14-22(20)30-3;1-3-4-2;/h4,6,13-14,16-17,23,28H,5,7-8,10-11,15,25H2,1-3H3,(H,27,29);3-4H2,1-2H3;1H4/b6-4-,19-18-;;. The molecule has 1 unspecified atom stereocenters. The van der Waals surface area contributed by atoms with E-state index in [2.05, 4.69) is 54.4 Å². The predicted octanol–water partition coefficient (Wildman–Crippen LogP) is 6.16. The zero-order valence-electron chi connectivity index (χ0n) is 21.9. The molecule has 2 aliphatic carbocycles. The van der Waals surface area contributed by atoms with Crippen LogP contribution in [0.5, 0.6) is 5.75 Å². The smallest absolute Gasteiger partial charge is 0.252 e. The lowest BCUT2D eigenvalue weighted by molar-refractivity contribution is -0.116. The summed E-state index contributed by atoms with van der Waals surface area (Å²) >= 11 is 1.47. The second-order valence-corrected chi connectivity index (χ2v) is 9.85. The van der Waals surface area contributed by atoms with E-state index in [1.807, 2.05) is 19.1 Å². The van der Waals surface area contributed by atoms with Gasteiger partial charge in [-0.25, -0.2) is 5.43 Å². The maximum absolute atomic E-state index is 13.1. The minimum atomic E-state index is -0.206. The Morgan fingerprint density at radius 1 is 1.28 bits per heavy atom. The van der Waals surface area contributed by atoms with Gasteiger partial charge in [-0.15, -0.1) is 11.8 Å². The molecule has 2 aliphatic rings. The van der Waals surface area contributed by atoms with Gasteiger partial charge in [0.25, 0.3) is 5.91 Å². The molecule has 2 saturated carbocycles. The molecule has 3 rings (SSSR count). The lowest BCUT2D eigenvalue weighted by Crippen LogP contribution is -2.34. The molecule has 1 heterocycles. The van der Waals surface area contributed by atoms with Gasteiger partial charge in [0.2, 0.25) is 0 Å². The summed E-state index contributed by atoms with van der Waals surface area (Å²) in [5.74, 6) is 13.9. The molecule has 1 amide bonds. The van der Waals surface area contributed by atoms with Gasteiger partial charge in [0.1, 0.15) is 11.1 Å². The minimum absolute atomic E-state index is 0. The molecule has 6 nitrogen and oxygen atoms in total. The normalized spacial score (nSPS) is 15.9. The second kappa shape index (κ2) is 17.2. The monoisotopic (exact) mass is 514 g/mol. The van der Waals surface area contributed by atoms with Gasteiger partial charge in [0.05, 0.1) is 19.2 Å². The van der Waals surface area contributed by atoms with Crippen molar-refractivity contribution in [2.24, 2.45) is 11.8 Å². The molecule has 0 bridgehead atoms. The fourth-order valence-corrected chi connectivity index (χ4v) is 3.93. The van der Waals surface area contributed by atoms with Crippen LogP contribution in [0.15, 0.2) is 30.0 Å². The van der Waals surface area contributed by atoms with Gasteiger partial charge in [-0.1, -0.05) is 65.0 Å². The largest absolute Gasteiger partial charge is 0.495 e. The fraction of sp³-hybridized carbons (Fsp3) is 0.586. The van der Waals surface area contributed by atoms with Gasteiger partial charge in [-0.2, -0.15) is 0 Å². The van der Waals surface area contributed by atoms with E-state index in [1.165, 1.54) is 50.3 Å². The molecule has 0 aliphatic heterocycles. The molecule has 0 saturated heterocycles. The third kappa shape index (κ3) is 10.4. The van der Waals surface area contributed by atoms with E-state index < -0.39 is 0 Å². The number of aromatic nitrogens is 1. The van der Waals surface area contributed by atoms with Gasteiger partial charge >= 0.3 is 0 Å². The quantitative estimate of drug-likeness (QED) is 0.0818. The second-order valence-electron chi connectivity index (χ2n) is 8.76. The van der Waals surface area contributed by atoms with Crippen molar-refractivity contribution in [2.75, 3.05) is 13.0 Å². The Labute approximate surface area is 223 Å². The van der Waals surface area contributed by atoms with Gasteiger partial charge < -0.3 is 10.1 Å². The summed E-state index contributed by atoms with van der Waals surface area (Å²) in [6, 6.07) is 2.09. The van der Waals surface area contributed by atoms with Crippen molar-refractivity contribution in [3.05, 3.63) is 41.2 Å². The van der Waals surface area contributed by atoms with Crippen molar-refractivity contribution >= 4 is 23.2 Å². The molecule has 1 aromatic heterocycles. The van der Waals surface area contributed by atoms with E-state index in [9.17, 15) is 4.79 Å². The van der Waals surface area contributed by atoms with Crippen molar-refractivity contribution in [3.63, 3.8) is 0 Å². The van der Waals surface area contributed by atoms with Crippen LogP contribution in [-0.2, 0) is 4.79 Å². The zero-order valence-corrected chi connectivity index (χ0v) is 22.8. The highest BCUT2D eigenvalue weighted by atomic mass is 32.2. The fourth-order valence-electron chi connectivity index (χ4n) is 3.30. The number of nitrogens with one attached hydrogen (secondary N) is 2. The third-order valence-electron chi connectivity index (χ3n) is 5.82. The summed E-state index contributed by atoms with van der Waals surface area (Å²) in [5.41, 5.74) is 6.30. The van der Waals surface area contributed by atoms with Crippen molar-refractivity contribution in [1.82, 2.24) is 15.7 Å². The maximum Gasteiger partial charge on any atom is 0.252 e. The van der Waals surface area contributed by atoms with Crippen molar-refractivity contribution in [1.29, 1.82) is 0 Å². The van der Waals surface area contributed by atoms with Crippen LogP contribution in [0, 0.1) is 17.8 Å². The number of pyridine rings is 1. The van der Waals surface area contributed by atoms with Crippen LogP contribution in [0.3, 0.4) is 0 Å². The average Bonchev–Trinajstić information content (AvgIpc) is 3.80. The molecule has 200 valence electrons. The predicted molar refractivity (Wildman–Crippen MR) is 154 cm³/mol. The number of ether oxygens (including phenoxy) is 1. The highest BCUT2D eigenvalue weighted by Gasteiger charge is 2.27. The lowest BCUT2D eigenvalue weighted by Gasteiger charge is -2.16. The lowest BCUT2D eigenvalue weighted by atomic mass is 9.95. The number of thioether (sulfide) groups is 1. The highest BCUT2D eigenvalue weighted by molar-refractivity contribution is 8.00. The Kier molecular flexibility index (Phi) is 15.2. The number of nitrogens with zero attached hydrogens (tertiary/aromatic N) is 1.